The number of carbonyl (C=O) groups is 2. The van der Waals surface area contributed by atoms with Crippen LogP contribution in [0.25, 0.3) is 17.1 Å². The number of nitrogens with one attached hydrogen (secondary N) is 1. The fourth-order valence-electron chi connectivity index (χ4n) is 3.13. The van der Waals surface area contributed by atoms with E-state index < -0.39 is 11.8 Å². The van der Waals surface area contributed by atoms with Crippen molar-refractivity contribution in [3.05, 3.63) is 68.6 Å². The number of nitrogens with zero attached hydrogens (tertiary/aromatic N) is 3. The minimum Gasteiger partial charge on any atom is -0.295 e. The number of fused-ring (bicyclic) bond motifs is 1. The number of amides is 2. The quantitative estimate of drug-likeness (QED) is 0.503. The zero-order valence-electron chi connectivity index (χ0n) is 14.6. The fraction of sp³-hybridized carbons (Fsp3) is 0.105. The Bertz CT molecular complexity index is 1210. The van der Waals surface area contributed by atoms with Crippen LogP contribution < -0.4 is 16.1 Å². The standard InChI is InChI=1S/C19H15BrN4O3/c1-22-15-7-6-11(9-16(15)23(2)19(22)27)8-14-17(25)21-24(18(14)26)13-5-3-4-12(20)10-13/h3-10H,1-2H3,(H,21,25). The van der Waals surface area contributed by atoms with Crippen LogP contribution in [0.2, 0.25) is 0 Å². The van der Waals surface area contributed by atoms with Gasteiger partial charge in [0, 0.05) is 18.6 Å². The number of anilines is 1. The Hall–Kier alpha value is -3.13. The van der Waals surface area contributed by atoms with E-state index in [1.54, 1.807) is 55.1 Å². The predicted molar refractivity (Wildman–Crippen MR) is 106 cm³/mol. The average Bonchev–Trinajstić information content (AvgIpc) is 3.05. The first-order valence-electron chi connectivity index (χ1n) is 8.15. The van der Waals surface area contributed by atoms with E-state index >= 15 is 0 Å². The lowest BCUT2D eigenvalue weighted by atomic mass is 10.1. The molecule has 3 aromatic rings. The topological polar surface area (TPSA) is 76.3 Å². The number of hydrogen-bond donors (Lipinski definition) is 1. The van der Waals surface area contributed by atoms with Gasteiger partial charge in [0.05, 0.1) is 16.7 Å². The first-order valence-corrected chi connectivity index (χ1v) is 8.94. The molecule has 0 saturated carbocycles. The Morgan fingerprint density at radius 2 is 1.70 bits per heavy atom. The summed E-state index contributed by atoms with van der Waals surface area (Å²) in [5.74, 6) is -0.901. The van der Waals surface area contributed by atoms with E-state index in [2.05, 4.69) is 21.4 Å². The average molecular weight is 427 g/mol. The molecule has 0 radical (unpaired) electrons. The van der Waals surface area contributed by atoms with Crippen molar-refractivity contribution in [1.82, 2.24) is 14.6 Å². The molecule has 1 aromatic heterocycles. The first kappa shape index (κ1) is 17.3. The lowest BCUT2D eigenvalue weighted by Crippen LogP contribution is -2.35. The van der Waals surface area contributed by atoms with Crippen molar-refractivity contribution < 1.29 is 9.59 Å². The smallest absolute Gasteiger partial charge is 0.295 e. The van der Waals surface area contributed by atoms with E-state index in [0.29, 0.717) is 11.3 Å². The van der Waals surface area contributed by atoms with E-state index in [1.807, 2.05) is 6.07 Å². The zero-order valence-corrected chi connectivity index (χ0v) is 16.1. The van der Waals surface area contributed by atoms with Crippen molar-refractivity contribution >= 4 is 50.5 Å². The zero-order chi connectivity index (χ0) is 19.3. The van der Waals surface area contributed by atoms with E-state index in [4.69, 9.17) is 0 Å². The number of imidazole rings is 1. The van der Waals surface area contributed by atoms with E-state index in [-0.39, 0.29) is 11.3 Å². The van der Waals surface area contributed by atoms with Crippen molar-refractivity contribution in [2.75, 3.05) is 5.01 Å². The van der Waals surface area contributed by atoms with Crippen molar-refractivity contribution in [1.29, 1.82) is 0 Å². The number of aromatic nitrogens is 2. The monoisotopic (exact) mass is 426 g/mol. The molecular weight excluding hydrogens is 412 g/mol. The van der Waals surface area contributed by atoms with Crippen LogP contribution in [-0.4, -0.2) is 20.9 Å². The van der Waals surface area contributed by atoms with Crippen LogP contribution >= 0.6 is 15.9 Å². The molecule has 1 aliphatic heterocycles. The molecule has 27 heavy (non-hydrogen) atoms. The van der Waals surface area contributed by atoms with Crippen LogP contribution in [0.1, 0.15) is 5.56 Å². The number of rotatable bonds is 2. The Morgan fingerprint density at radius 1 is 0.963 bits per heavy atom. The SMILES string of the molecule is Cn1c(=O)n(C)c2cc(C=C3C(=O)NN(c4cccc(Br)c4)C3=O)ccc21. The van der Waals surface area contributed by atoms with Gasteiger partial charge in [-0.1, -0.05) is 28.1 Å². The highest BCUT2D eigenvalue weighted by Crippen LogP contribution is 2.25. The van der Waals surface area contributed by atoms with Crippen molar-refractivity contribution in [2.45, 2.75) is 0 Å². The van der Waals surface area contributed by atoms with E-state index in [0.717, 1.165) is 15.5 Å². The molecule has 8 heteroatoms. The third kappa shape index (κ3) is 2.78. The number of benzene rings is 2. The van der Waals surface area contributed by atoms with Gasteiger partial charge in [0.25, 0.3) is 11.8 Å². The van der Waals surface area contributed by atoms with Gasteiger partial charge in [0.1, 0.15) is 5.57 Å². The second kappa shape index (κ2) is 6.24. The number of hydrogen-bond acceptors (Lipinski definition) is 3. The van der Waals surface area contributed by atoms with Gasteiger partial charge in [-0.15, -0.1) is 0 Å². The summed E-state index contributed by atoms with van der Waals surface area (Å²) in [5, 5.41) is 1.22. The lowest BCUT2D eigenvalue weighted by Gasteiger charge is -2.14. The minimum atomic E-state index is -0.470. The fourth-order valence-corrected chi connectivity index (χ4v) is 3.52. The van der Waals surface area contributed by atoms with Gasteiger partial charge >= 0.3 is 5.69 Å². The summed E-state index contributed by atoms with van der Waals surface area (Å²) >= 11 is 3.36. The van der Waals surface area contributed by atoms with Gasteiger partial charge in [0.15, 0.2) is 0 Å². The summed E-state index contributed by atoms with van der Waals surface area (Å²) in [6, 6.07) is 12.5. The maximum absolute atomic E-state index is 12.7. The lowest BCUT2D eigenvalue weighted by molar-refractivity contribution is -0.117. The highest BCUT2D eigenvalue weighted by Gasteiger charge is 2.34. The number of hydrazine groups is 1. The van der Waals surface area contributed by atoms with Gasteiger partial charge in [0.2, 0.25) is 0 Å². The van der Waals surface area contributed by atoms with Gasteiger partial charge in [-0.25, -0.2) is 9.80 Å². The number of aryl methyl sites for hydroxylation is 2. The first-order chi connectivity index (χ1) is 12.9. The van der Waals surface area contributed by atoms with E-state index in [9.17, 15) is 14.4 Å². The highest BCUT2D eigenvalue weighted by molar-refractivity contribution is 9.10. The molecule has 2 amide bonds. The van der Waals surface area contributed by atoms with Crippen LogP contribution in [0, 0.1) is 0 Å². The predicted octanol–water partition coefficient (Wildman–Crippen LogP) is 2.10. The third-order valence-corrected chi connectivity index (χ3v) is 5.06. The summed E-state index contributed by atoms with van der Waals surface area (Å²) in [6.07, 6.45) is 1.53. The molecule has 2 heterocycles. The van der Waals surface area contributed by atoms with Gasteiger partial charge < -0.3 is 0 Å². The highest BCUT2D eigenvalue weighted by atomic mass is 79.9. The molecule has 0 aliphatic carbocycles. The van der Waals surface area contributed by atoms with Crippen molar-refractivity contribution in [3.8, 4) is 0 Å². The molecule has 7 nitrogen and oxygen atoms in total. The molecule has 0 unspecified atom stereocenters. The largest absolute Gasteiger partial charge is 0.328 e. The minimum absolute atomic E-state index is 0.0373. The summed E-state index contributed by atoms with van der Waals surface area (Å²) in [5.41, 5.74) is 5.21. The molecule has 2 aromatic carbocycles. The molecular formula is C19H15BrN4O3. The summed E-state index contributed by atoms with van der Waals surface area (Å²) in [7, 11) is 3.39. The van der Waals surface area contributed by atoms with Crippen LogP contribution in [0.5, 0.6) is 0 Å². The van der Waals surface area contributed by atoms with E-state index in [1.165, 1.54) is 15.7 Å². The van der Waals surface area contributed by atoms with Crippen molar-refractivity contribution in [2.24, 2.45) is 14.1 Å². The summed E-state index contributed by atoms with van der Waals surface area (Å²) in [4.78, 5) is 37.1. The molecule has 0 bridgehead atoms. The molecule has 0 spiro atoms. The summed E-state index contributed by atoms with van der Waals surface area (Å²) in [6.45, 7) is 0. The van der Waals surface area contributed by atoms with Gasteiger partial charge in [-0.2, -0.15) is 0 Å². The maximum Gasteiger partial charge on any atom is 0.328 e. The Morgan fingerprint density at radius 3 is 2.44 bits per heavy atom. The molecule has 1 aliphatic rings. The third-order valence-electron chi connectivity index (χ3n) is 4.56. The van der Waals surface area contributed by atoms with Crippen LogP contribution in [-0.2, 0) is 23.7 Å². The van der Waals surface area contributed by atoms with Gasteiger partial charge in [-0.3, -0.25) is 24.1 Å². The Kier molecular flexibility index (Phi) is 4.00. The van der Waals surface area contributed by atoms with Crippen molar-refractivity contribution in [3.63, 3.8) is 0 Å². The summed E-state index contributed by atoms with van der Waals surface area (Å²) < 4.78 is 3.88. The molecule has 4 rings (SSSR count). The molecule has 1 saturated heterocycles. The Balaban J connectivity index is 1.75. The second-order valence-electron chi connectivity index (χ2n) is 6.27. The Labute approximate surface area is 162 Å². The number of halogens is 1. The van der Waals surface area contributed by atoms with Gasteiger partial charge in [-0.05, 0) is 42.0 Å². The second-order valence-corrected chi connectivity index (χ2v) is 7.18. The normalized spacial score (nSPS) is 15.8. The maximum atomic E-state index is 12.7. The van der Waals surface area contributed by atoms with Crippen LogP contribution in [0.3, 0.4) is 0 Å². The molecule has 136 valence electrons. The molecule has 1 fully saturated rings. The molecule has 1 N–H and O–H groups in total. The molecule has 0 atom stereocenters. The van der Waals surface area contributed by atoms with Crippen LogP contribution in [0.15, 0.2) is 57.3 Å². The van der Waals surface area contributed by atoms with Crippen LogP contribution in [0.4, 0.5) is 5.69 Å². The number of carbonyl (C=O) groups excluding carboxylic acids is 2.